The summed E-state index contributed by atoms with van der Waals surface area (Å²) in [4.78, 5) is 24.7. The van der Waals surface area contributed by atoms with E-state index in [1.807, 2.05) is 18.2 Å². The molecule has 0 bridgehead atoms. The zero-order chi connectivity index (χ0) is 15.2. The van der Waals surface area contributed by atoms with E-state index in [0.29, 0.717) is 5.69 Å². The zero-order valence-electron chi connectivity index (χ0n) is 11.9. The van der Waals surface area contributed by atoms with Gasteiger partial charge in [0.05, 0.1) is 12.5 Å². The molecule has 6 heteroatoms. The quantitative estimate of drug-likeness (QED) is 0.727. The Hall–Kier alpha value is -1.92. The fourth-order valence-electron chi connectivity index (χ4n) is 2.46. The lowest BCUT2D eigenvalue weighted by Gasteiger charge is -2.16. The molecule has 4 N–H and O–H groups in total. The molecule has 1 aromatic carbocycles. The fourth-order valence-corrected chi connectivity index (χ4v) is 2.46. The lowest BCUT2D eigenvalue weighted by molar-refractivity contribution is -0.138. The topological polar surface area (TPSA) is 95.7 Å². The lowest BCUT2D eigenvalue weighted by Crippen LogP contribution is -2.37. The highest BCUT2D eigenvalue weighted by atomic mass is 16.4. The number of hydrogen-bond acceptors (Lipinski definition) is 4. The molecule has 1 aromatic rings. The van der Waals surface area contributed by atoms with Crippen LogP contribution < -0.4 is 11.1 Å². The number of nitrogens with one attached hydrogen (secondary N) is 1. The summed E-state index contributed by atoms with van der Waals surface area (Å²) in [6.45, 7) is 3.09. The van der Waals surface area contributed by atoms with E-state index in [1.165, 1.54) is 12.8 Å². The molecule has 1 unspecified atom stereocenters. The van der Waals surface area contributed by atoms with Crippen molar-refractivity contribution in [2.24, 2.45) is 5.73 Å². The molecule has 114 valence electrons. The number of carboxylic acids is 1. The van der Waals surface area contributed by atoms with Gasteiger partial charge in [0.2, 0.25) is 5.91 Å². The molecule has 1 saturated heterocycles. The molecule has 6 nitrogen and oxygen atoms in total. The molecule has 1 amide bonds. The minimum atomic E-state index is -1.08. The van der Waals surface area contributed by atoms with Crippen molar-refractivity contribution in [2.45, 2.75) is 31.8 Å². The number of nitrogens with zero attached hydrogens (tertiary/aromatic N) is 1. The second-order valence-electron chi connectivity index (χ2n) is 5.38. The fraction of sp³-hybridized carbons (Fsp3) is 0.467. The van der Waals surface area contributed by atoms with Gasteiger partial charge < -0.3 is 16.2 Å². The highest BCUT2D eigenvalue weighted by Gasteiger charge is 2.17. The van der Waals surface area contributed by atoms with Crippen molar-refractivity contribution in [1.82, 2.24) is 4.90 Å². The minimum Gasteiger partial charge on any atom is -0.481 e. The molecular weight excluding hydrogens is 270 g/mol. The smallest absolute Gasteiger partial charge is 0.305 e. The second-order valence-corrected chi connectivity index (χ2v) is 5.38. The van der Waals surface area contributed by atoms with E-state index < -0.39 is 17.9 Å². The van der Waals surface area contributed by atoms with Crippen LogP contribution in [0.5, 0.6) is 0 Å². The average molecular weight is 291 g/mol. The molecule has 1 aliphatic rings. The number of hydrogen-bond donors (Lipinski definition) is 3. The van der Waals surface area contributed by atoms with Crippen molar-refractivity contribution in [1.29, 1.82) is 0 Å². The number of benzene rings is 1. The van der Waals surface area contributed by atoms with Gasteiger partial charge in [-0.3, -0.25) is 14.5 Å². The Bertz CT molecular complexity index is 513. The highest BCUT2D eigenvalue weighted by Crippen LogP contribution is 2.16. The summed E-state index contributed by atoms with van der Waals surface area (Å²) in [5, 5.41) is 11.3. The number of likely N-dealkylation sites (tertiary alicyclic amines) is 1. The van der Waals surface area contributed by atoms with E-state index in [9.17, 15) is 9.59 Å². The number of rotatable bonds is 6. The summed E-state index contributed by atoms with van der Waals surface area (Å²) in [6, 6.07) is 6.54. The van der Waals surface area contributed by atoms with Gasteiger partial charge in [-0.1, -0.05) is 12.1 Å². The summed E-state index contributed by atoms with van der Waals surface area (Å²) in [5.41, 5.74) is 7.31. The van der Waals surface area contributed by atoms with Crippen molar-refractivity contribution < 1.29 is 14.7 Å². The average Bonchev–Trinajstić information content (AvgIpc) is 2.91. The number of nitrogens with two attached hydrogens (primary N) is 1. The predicted octanol–water partition coefficient (Wildman–Crippen LogP) is 1.02. The molecule has 0 spiro atoms. The summed E-state index contributed by atoms with van der Waals surface area (Å²) >= 11 is 0. The molecule has 1 fully saturated rings. The zero-order valence-corrected chi connectivity index (χ0v) is 11.9. The van der Waals surface area contributed by atoms with E-state index >= 15 is 0 Å². The maximum Gasteiger partial charge on any atom is 0.305 e. The normalized spacial score (nSPS) is 16.6. The Morgan fingerprint density at radius 2 is 2.05 bits per heavy atom. The second kappa shape index (κ2) is 7.19. The van der Waals surface area contributed by atoms with Crippen molar-refractivity contribution >= 4 is 17.6 Å². The molecular formula is C15H21N3O3. The predicted molar refractivity (Wildman–Crippen MR) is 79.8 cm³/mol. The van der Waals surface area contributed by atoms with Gasteiger partial charge in [0.15, 0.2) is 0 Å². The van der Waals surface area contributed by atoms with E-state index in [4.69, 9.17) is 10.8 Å². The monoisotopic (exact) mass is 291 g/mol. The Morgan fingerprint density at radius 1 is 1.33 bits per heavy atom. The molecule has 0 radical (unpaired) electrons. The number of carbonyl (C=O) groups is 2. The van der Waals surface area contributed by atoms with Crippen LogP contribution in [0.4, 0.5) is 5.69 Å². The minimum absolute atomic E-state index is 0.376. The first-order valence-electron chi connectivity index (χ1n) is 7.14. The molecule has 2 rings (SSSR count). The number of amides is 1. The Balaban J connectivity index is 1.93. The molecule has 1 aliphatic heterocycles. The molecule has 21 heavy (non-hydrogen) atoms. The van der Waals surface area contributed by atoms with Crippen LogP contribution in [-0.2, 0) is 16.1 Å². The Labute approximate surface area is 123 Å². The van der Waals surface area contributed by atoms with Gasteiger partial charge in [-0.25, -0.2) is 0 Å². The van der Waals surface area contributed by atoms with Crippen LogP contribution in [0, 0.1) is 0 Å². The van der Waals surface area contributed by atoms with Crippen LogP contribution in [0.3, 0.4) is 0 Å². The van der Waals surface area contributed by atoms with Gasteiger partial charge in [-0.2, -0.15) is 0 Å². The maximum atomic E-state index is 11.8. The van der Waals surface area contributed by atoms with E-state index in [-0.39, 0.29) is 6.42 Å². The van der Waals surface area contributed by atoms with Gasteiger partial charge in [0.1, 0.15) is 0 Å². The summed E-state index contributed by atoms with van der Waals surface area (Å²) in [5.74, 6) is -1.56. The Morgan fingerprint density at radius 3 is 2.71 bits per heavy atom. The summed E-state index contributed by atoms with van der Waals surface area (Å²) in [6.07, 6.45) is 2.10. The number of carbonyl (C=O) groups excluding carboxylic acids is 1. The number of aliphatic carboxylic acids is 1. The van der Waals surface area contributed by atoms with Gasteiger partial charge in [0.25, 0.3) is 0 Å². The molecule has 1 atom stereocenters. The van der Waals surface area contributed by atoms with Gasteiger partial charge in [0, 0.05) is 12.2 Å². The van der Waals surface area contributed by atoms with Gasteiger partial charge in [-0.05, 0) is 43.6 Å². The van der Waals surface area contributed by atoms with Gasteiger partial charge in [-0.15, -0.1) is 0 Å². The van der Waals surface area contributed by atoms with Crippen LogP contribution in [0.2, 0.25) is 0 Å². The van der Waals surface area contributed by atoms with Crippen LogP contribution in [0.15, 0.2) is 24.3 Å². The Kier molecular flexibility index (Phi) is 5.30. The maximum absolute atomic E-state index is 11.8. The third-order valence-corrected chi connectivity index (χ3v) is 3.53. The van der Waals surface area contributed by atoms with E-state index in [0.717, 1.165) is 25.2 Å². The van der Waals surface area contributed by atoms with Crippen LogP contribution >= 0.6 is 0 Å². The lowest BCUT2D eigenvalue weighted by atomic mass is 10.1. The summed E-state index contributed by atoms with van der Waals surface area (Å²) in [7, 11) is 0. The third kappa shape index (κ3) is 4.84. The first-order valence-corrected chi connectivity index (χ1v) is 7.14. The van der Waals surface area contributed by atoms with Crippen molar-refractivity contribution in [3.63, 3.8) is 0 Å². The molecule has 0 aliphatic carbocycles. The number of anilines is 1. The SMILES string of the molecule is NC(CC(=O)O)C(=O)Nc1cccc(CN2CCCC2)c1. The summed E-state index contributed by atoms with van der Waals surface area (Å²) < 4.78 is 0. The van der Waals surface area contributed by atoms with Crippen molar-refractivity contribution in [3.05, 3.63) is 29.8 Å². The first-order chi connectivity index (χ1) is 10.0. The van der Waals surface area contributed by atoms with Crippen molar-refractivity contribution in [3.8, 4) is 0 Å². The molecule has 1 heterocycles. The largest absolute Gasteiger partial charge is 0.481 e. The van der Waals surface area contributed by atoms with Crippen LogP contribution in [-0.4, -0.2) is 41.0 Å². The van der Waals surface area contributed by atoms with Crippen molar-refractivity contribution in [2.75, 3.05) is 18.4 Å². The molecule has 0 saturated carbocycles. The van der Waals surface area contributed by atoms with Gasteiger partial charge >= 0.3 is 5.97 Å². The first kappa shape index (κ1) is 15.5. The number of carboxylic acid groups (broad SMARTS) is 1. The van der Waals surface area contributed by atoms with E-state index in [1.54, 1.807) is 6.07 Å². The highest BCUT2D eigenvalue weighted by molar-refractivity contribution is 5.96. The van der Waals surface area contributed by atoms with E-state index in [2.05, 4.69) is 10.2 Å². The van der Waals surface area contributed by atoms with Crippen LogP contribution in [0.25, 0.3) is 0 Å². The molecule has 0 aromatic heterocycles. The standard InChI is InChI=1S/C15H21N3O3/c16-13(9-14(19)20)15(21)17-12-5-3-4-11(8-12)10-18-6-1-2-7-18/h3-5,8,13H,1-2,6-7,9-10,16H2,(H,17,21)(H,19,20). The third-order valence-electron chi connectivity index (χ3n) is 3.53. The van der Waals surface area contributed by atoms with Crippen LogP contribution in [0.1, 0.15) is 24.8 Å².